The van der Waals surface area contributed by atoms with E-state index in [4.69, 9.17) is 4.74 Å². The molecule has 6 rings (SSSR count). The number of anilines is 1. The number of halogens is 3. The van der Waals surface area contributed by atoms with Gasteiger partial charge in [0.15, 0.2) is 4.75 Å². The van der Waals surface area contributed by atoms with Crippen LogP contribution in [0.2, 0.25) is 0 Å². The monoisotopic (exact) mass is 526 g/mol. The molecule has 0 aromatic heterocycles. The zero-order valence-corrected chi connectivity index (χ0v) is 21.7. The van der Waals surface area contributed by atoms with E-state index in [9.17, 15) is 22.8 Å². The van der Waals surface area contributed by atoms with Crippen LogP contribution in [0.3, 0.4) is 0 Å². The highest BCUT2D eigenvalue weighted by Crippen LogP contribution is 2.57. The van der Waals surface area contributed by atoms with Crippen LogP contribution < -0.4 is 15.8 Å². The molecule has 1 unspecified atom stereocenters. The lowest BCUT2D eigenvalue weighted by Gasteiger charge is -2.49. The Hall–Kier alpha value is -2.91. The molecule has 0 radical (unpaired) electrons. The first-order chi connectivity index (χ1) is 17.4. The number of hydrogen-bond acceptors (Lipinski definition) is 6. The van der Waals surface area contributed by atoms with E-state index in [-0.39, 0.29) is 12.0 Å². The van der Waals surface area contributed by atoms with Gasteiger partial charge in [-0.3, -0.25) is 9.59 Å². The summed E-state index contributed by atoms with van der Waals surface area (Å²) in [4.78, 5) is 25.4. The molecule has 3 aromatic carbocycles. The normalized spacial score (nSPS) is 22.5. The fourth-order valence-electron chi connectivity index (χ4n) is 5.82. The van der Waals surface area contributed by atoms with Gasteiger partial charge in [0.05, 0.1) is 31.1 Å². The minimum Gasteiger partial charge on any atom is -0.362 e. The third kappa shape index (κ3) is 3.32. The highest BCUT2D eigenvalue weighted by atomic mass is 32.2. The van der Waals surface area contributed by atoms with Crippen molar-refractivity contribution >= 4 is 23.3 Å². The molecule has 37 heavy (non-hydrogen) atoms. The second kappa shape index (κ2) is 7.80. The SMILES string of the molecule is Cc1cc(C2(C(F)(F)F)CC(c3ccc4c(c3)COC43CN(c4c(C)c(=O)c4=O)C3)=NS2)cc(C)c1C. The molecule has 1 spiro atoms. The van der Waals surface area contributed by atoms with Gasteiger partial charge in [0.1, 0.15) is 5.60 Å². The van der Waals surface area contributed by atoms with Crippen molar-refractivity contribution in [3.05, 3.63) is 95.3 Å². The Morgan fingerprint density at radius 3 is 2.27 bits per heavy atom. The first-order valence-corrected chi connectivity index (χ1v) is 12.9. The molecule has 0 bridgehead atoms. The van der Waals surface area contributed by atoms with E-state index in [1.165, 1.54) is 0 Å². The van der Waals surface area contributed by atoms with E-state index >= 15 is 0 Å². The van der Waals surface area contributed by atoms with E-state index in [0.717, 1.165) is 27.8 Å². The van der Waals surface area contributed by atoms with Crippen molar-refractivity contribution in [3.63, 3.8) is 0 Å². The predicted molar refractivity (Wildman–Crippen MR) is 138 cm³/mol. The van der Waals surface area contributed by atoms with E-state index in [2.05, 4.69) is 4.40 Å². The summed E-state index contributed by atoms with van der Waals surface area (Å²) in [5, 5.41) is 0. The van der Waals surface area contributed by atoms with Crippen LogP contribution in [-0.2, 0) is 21.7 Å². The van der Waals surface area contributed by atoms with Crippen molar-refractivity contribution in [2.75, 3.05) is 18.0 Å². The molecule has 3 aliphatic rings. The maximum atomic E-state index is 14.6. The van der Waals surface area contributed by atoms with Crippen molar-refractivity contribution in [3.8, 4) is 0 Å². The van der Waals surface area contributed by atoms with Crippen molar-refractivity contribution in [2.24, 2.45) is 4.40 Å². The predicted octanol–water partition coefficient (Wildman–Crippen LogP) is 5.06. The Labute approximate surface area is 216 Å². The molecular formula is C28H25F3N2O3S. The van der Waals surface area contributed by atoms with Crippen LogP contribution in [-0.4, -0.2) is 25.0 Å². The lowest BCUT2D eigenvalue weighted by molar-refractivity contribution is -0.159. The maximum Gasteiger partial charge on any atom is 0.409 e. The molecule has 0 saturated carbocycles. The van der Waals surface area contributed by atoms with Gasteiger partial charge in [-0.2, -0.15) is 13.2 Å². The standard InChI is InChI=1S/C28H25F3N2O3S/c1-14-7-20(8-15(2)16(14)3)27(28(29,30)31)10-22(32-37-27)18-5-6-21-19(9-18)11-36-26(21)12-33(13-26)23-17(4)24(34)25(23)35/h5-9H,10-13H2,1-4H3. The smallest absolute Gasteiger partial charge is 0.362 e. The maximum absolute atomic E-state index is 14.6. The van der Waals surface area contributed by atoms with Gasteiger partial charge >= 0.3 is 6.18 Å². The summed E-state index contributed by atoms with van der Waals surface area (Å²) in [6, 6.07) is 8.89. The van der Waals surface area contributed by atoms with Gasteiger partial charge < -0.3 is 9.64 Å². The average Bonchev–Trinajstić information content (AvgIpc) is 3.45. The molecule has 3 aromatic rings. The molecule has 1 fully saturated rings. The minimum absolute atomic E-state index is 0.232. The zero-order valence-electron chi connectivity index (χ0n) is 20.9. The van der Waals surface area contributed by atoms with Crippen LogP contribution in [0.25, 0.3) is 0 Å². The van der Waals surface area contributed by atoms with Gasteiger partial charge in [-0.15, -0.1) is 0 Å². The van der Waals surface area contributed by atoms with Crippen LogP contribution in [0.5, 0.6) is 0 Å². The van der Waals surface area contributed by atoms with E-state index < -0.39 is 27.4 Å². The molecule has 9 heteroatoms. The number of hydrogen-bond donors (Lipinski definition) is 0. The molecule has 3 heterocycles. The molecule has 3 aliphatic heterocycles. The fourth-order valence-corrected chi connectivity index (χ4v) is 6.79. The zero-order chi connectivity index (χ0) is 26.5. The summed E-state index contributed by atoms with van der Waals surface area (Å²) in [6.07, 6.45) is -4.73. The summed E-state index contributed by atoms with van der Waals surface area (Å²) in [7, 11) is 0. The summed E-state index contributed by atoms with van der Waals surface area (Å²) in [5.41, 5.74) is 5.34. The van der Waals surface area contributed by atoms with E-state index in [1.807, 2.05) is 43.9 Å². The van der Waals surface area contributed by atoms with E-state index in [0.29, 0.717) is 54.2 Å². The Balaban J connectivity index is 1.27. The van der Waals surface area contributed by atoms with Crippen LogP contribution >= 0.6 is 11.9 Å². The number of benzene rings is 2. The van der Waals surface area contributed by atoms with Crippen LogP contribution in [0.4, 0.5) is 18.9 Å². The number of nitrogens with zero attached hydrogens (tertiary/aromatic N) is 2. The van der Waals surface area contributed by atoms with Crippen LogP contribution in [0.1, 0.15) is 50.9 Å². The highest BCUT2D eigenvalue weighted by molar-refractivity contribution is 7.99. The topological polar surface area (TPSA) is 59.0 Å². The Morgan fingerprint density at radius 1 is 0.973 bits per heavy atom. The molecular weight excluding hydrogens is 501 g/mol. The first kappa shape index (κ1) is 24.4. The number of alkyl halides is 3. The van der Waals surface area contributed by atoms with Gasteiger partial charge in [0.2, 0.25) is 10.9 Å². The Bertz CT molecular complexity index is 1560. The second-order valence-electron chi connectivity index (χ2n) is 10.5. The van der Waals surface area contributed by atoms with Crippen LogP contribution in [0, 0.1) is 27.7 Å². The molecule has 192 valence electrons. The summed E-state index contributed by atoms with van der Waals surface area (Å²) >= 11 is 0.598. The third-order valence-corrected chi connectivity index (χ3v) is 9.57. The van der Waals surface area contributed by atoms with Gasteiger partial charge in [-0.25, -0.2) is 4.40 Å². The molecule has 0 amide bonds. The molecule has 5 nitrogen and oxygen atoms in total. The van der Waals surface area contributed by atoms with Crippen LogP contribution in [0.15, 0.2) is 44.3 Å². The Morgan fingerprint density at radius 2 is 1.65 bits per heavy atom. The second-order valence-corrected chi connectivity index (χ2v) is 11.6. The number of aryl methyl sites for hydroxylation is 2. The molecule has 1 atom stereocenters. The lowest BCUT2D eigenvalue weighted by Crippen LogP contribution is -2.62. The summed E-state index contributed by atoms with van der Waals surface area (Å²) in [6.45, 7) is 8.51. The average molecular weight is 527 g/mol. The largest absolute Gasteiger partial charge is 0.409 e. The Kier molecular flexibility index (Phi) is 5.15. The minimum atomic E-state index is -4.48. The van der Waals surface area contributed by atoms with Crippen molar-refractivity contribution in [1.82, 2.24) is 0 Å². The van der Waals surface area contributed by atoms with Gasteiger partial charge in [0, 0.05) is 12.0 Å². The molecule has 0 N–H and O–H groups in total. The summed E-state index contributed by atoms with van der Waals surface area (Å²) < 4.78 is 52.1. The number of rotatable bonds is 3. The first-order valence-electron chi connectivity index (χ1n) is 12.1. The van der Waals surface area contributed by atoms with Gasteiger partial charge in [-0.1, -0.05) is 24.3 Å². The number of fused-ring (bicyclic) bond motifs is 2. The van der Waals surface area contributed by atoms with Gasteiger partial charge in [0.25, 0.3) is 0 Å². The van der Waals surface area contributed by atoms with Crippen molar-refractivity contribution in [2.45, 2.75) is 57.2 Å². The fraction of sp³-hybridized carbons (Fsp3) is 0.393. The summed E-state index contributed by atoms with van der Waals surface area (Å²) in [5.74, 6) is 0. The van der Waals surface area contributed by atoms with Crippen molar-refractivity contribution < 1.29 is 17.9 Å². The third-order valence-electron chi connectivity index (χ3n) is 8.34. The molecule has 1 saturated heterocycles. The highest BCUT2D eigenvalue weighted by Gasteiger charge is 2.60. The van der Waals surface area contributed by atoms with Gasteiger partial charge in [-0.05, 0) is 84.7 Å². The lowest BCUT2D eigenvalue weighted by atomic mass is 9.82. The number of ether oxygens (including phenoxy) is 1. The molecule has 0 aliphatic carbocycles. The quantitative estimate of drug-likeness (QED) is 0.353. The van der Waals surface area contributed by atoms with E-state index in [1.54, 1.807) is 19.1 Å². The van der Waals surface area contributed by atoms with Crippen molar-refractivity contribution in [1.29, 1.82) is 0 Å².